The Hall–Kier alpha value is -1.23. The molecule has 0 aliphatic carbocycles. The number of anilines is 1. The highest BCUT2D eigenvalue weighted by Crippen LogP contribution is 2.21. The van der Waals surface area contributed by atoms with Crippen LogP contribution in [0.5, 0.6) is 0 Å². The molecule has 3 N–H and O–H groups in total. The first-order valence-electron chi connectivity index (χ1n) is 4.58. The number of amides is 1. The van der Waals surface area contributed by atoms with Gasteiger partial charge in [-0.05, 0) is 25.1 Å². The third kappa shape index (κ3) is 3.79. The van der Waals surface area contributed by atoms with Crippen LogP contribution in [0.25, 0.3) is 0 Å². The third-order valence-corrected chi connectivity index (χ3v) is 2.71. The summed E-state index contributed by atoms with van der Waals surface area (Å²) in [5, 5.41) is 2.66. The molecule has 15 heavy (non-hydrogen) atoms. The lowest BCUT2D eigenvalue weighted by molar-refractivity contribution is -0.118. The molecule has 0 heterocycles. The lowest BCUT2D eigenvalue weighted by atomic mass is 10.3. The molecule has 1 amide bonds. The quantitative estimate of drug-likeness (QED) is 0.608. The van der Waals surface area contributed by atoms with Gasteiger partial charge in [-0.25, -0.2) is 4.39 Å². The number of hydrogen-bond donors (Lipinski definition) is 2. The second-order valence-corrected chi connectivity index (χ2v) is 3.97. The van der Waals surface area contributed by atoms with Gasteiger partial charge >= 0.3 is 0 Å². The van der Waals surface area contributed by atoms with Crippen molar-refractivity contribution in [3.8, 4) is 0 Å². The molecule has 0 radical (unpaired) electrons. The number of carbonyl (C=O) groups excluding carboxylic acids is 1. The van der Waals surface area contributed by atoms with Crippen LogP contribution < -0.4 is 11.1 Å². The summed E-state index contributed by atoms with van der Waals surface area (Å²) in [5.41, 5.74) is 5.45. The summed E-state index contributed by atoms with van der Waals surface area (Å²) < 4.78 is 13.0. The topological polar surface area (TPSA) is 55.1 Å². The Balaban J connectivity index is 2.51. The lowest BCUT2D eigenvalue weighted by Crippen LogP contribution is -2.24. The zero-order valence-electron chi connectivity index (χ0n) is 8.42. The molecule has 0 bridgehead atoms. The summed E-state index contributed by atoms with van der Waals surface area (Å²) in [6, 6.07) is 4.52. The smallest absolute Gasteiger partial charge is 0.230 e. The minimum absolute atomic E-state index is 0.0558. The van der Waals surface area contributed by atoms with Crippen LogP contribution in [-0.2, 0) is 4.79 Å². The molecule has 0 atom stereocenters. The van der Waals surface area contributed by atoms with Crippen LogP contribution >= 0.6 is 11.8 Å². The van der Waals surface area contributed by atoms with Gasteiger partial charge in [-0.15, -0.1) is 11.8 Å². The van der Waals surface area contributed by atoms with Crippen LogP contribution in [-0.4, -0.2) is 18.2 Å². The maximum absolute atomic E-state index is 13.0. The third-order valence-electron chi connectivity index (χ3n) is 1.72. The number of nitrogen functional groups attached to an aromatic ring is 1. The van der Waals surface area contributed by atoms with E-state index >= 15 is 0 Å². The minimum atomic E-state index is -0.448. The summed E-state index contributed by atoms with van der Waals surface area (Å²) in [5.74, 6) is -0.215. The van der Waals surface area contributed by atoms with Crippen LogP contribution in [0.15, 0.2) is 23.1 Å². The van der Waals surface area contributed by atoms with Gasteiger partial charge in [0.1, 0.15) is 5.82 Å². The van der Waals surface area contributed by atoms with Gasteiger partial charge in [0.05, 0.1) is 11.4 Å². The number of nitrogens with one attached hydrogen (secondary N) is 1. The first kappa shape index (κ1) is 11.8. The van der Waals surface area contributed by atoms with Gasteiger partial charge in [0.2, 0.25) is 5.91 Å². The second-order valence-electron chi connectivity index (χ2n) is 2.93. The standard InChI is InChI=1S/C10H13FN2OS/c1-2-13-10(14)6-15-7-3-4-9(12)8(11)5-7/h3-5H,2,6,12H2,1H3,(H,13,14). The van der Waals surface area contributed by atoms with E-state index in [9.17, 15) is 9.18 Å². The van der Waals surface area contributed by atoms with Crippen LogP contribution in [0.2, 0.25) is 0 Å². The van der Waals surface area contributed by atoms with Gasteiger partial charge in [0.15, 0.2) is 0 Å². The van der Waals surface area contributed by atoms with Crippen molar-refractivity contribution < 1.29 is 9.18 Å². The first-order valence-corrected chi connectivity index (χ1v) is 5.56. The Labute approximate surface area is 92.2 Å². The van der Waals surface area contributed by atoms with Crippen molar-refractivity contribution in [2.75, 3.05) is 18.0 Å². The molecule has 0 saturated heterocycles. The van der Waals surface area contributed by atoms with Gasteiger partial charge < -0.3 is 11.1 Å². The van der Waals surface area contributed by atoms with E-state index in [0.29, 0.717) is 11.4 Å². The molecule has 1 aromatic rings. The highest BCUT2D eigenvalue weighted by molar-refractivity contribution is 8.00. The molecule has 5 heteroatoms. The van der Waals surface area contributed by atoms with Crippen LogP contribution in [0, 0.1) is 5.82 Å². The van der Waals surface area contributed by atoms with Gasteiger partial charge in [0, 0.05) is 11.4 Å². The zero-order valence-corrected chi connectivity index (χ0v) is 9.23. The molecule has 1 aromatic carbocycles. The van der Waals surface area contributed by atoms with E-state index in [1.54, 1.807) is 6.07 Å². The van der Waals surface area contributed by atoms with E-state index in [-0.39, 0.29) is 17.3 Å². The van der Waals surface area contributed by atoms with Crippen molar-refractivity contribution in [1.82, 2.24) is 5.32 Å². The molecular weight excluding hydrogens is 215 g/mol. The number of halogens is 1. The highest BCUT2D eigenvalue weighted by Gasteiger charge is 2.03. The number of hydrogen-bond acceptors (Lipinski definition) is 3. The number of benzene rings is 1. The SMILES string of the molecule is CCNC(=O)CSc1ccc(N)c(F)c1. The van der Waals surface area contributed by atoms with Crippen molar-refractivity contribution in [3.05, 3.63) is 24.0 Å². The fourth-order valence-corrected chi connectivity index (χ4v) is 1.75. The largest absolute Gasteiger partial charge is 0.396 e. The number of nitrogens with two attached hydrogens (primary N) is 1. The highest BCUT2D eigenvalue weighted by atomic mass is 32.2. The average molecular weight is 228 g/mol. The van der Waals surface area contributed by atoms with Gasteiger partial charge in [-0.1, -0.05) is 0 Å². The first-order chi connectivity index (χ1) is 7.13. The van der Waals surface area contributed by atoms with E-state index < -0.39 is 5.82 Å². The maximum Gasteiger partial charge on any atom is 0.230 e. The molecular formula is C10H13FN2OS. The molecule has 0 aliphatic heterocycles. The predicted octanol–water partition coefficient (Wildman–Crippen LogP) is 1.64. The Morgan fingerprint density at radius 3 is 2.93 bits per heavy atom. The molecule has 0 spiro atoms. The number of rotatable bonds is 4. The molecule has 0 unspecified atom stereocenters. The van der Waals surface area contributed by atoms with Gasteiger partial charge in [-0.3, -0.25) is 4.79 Å². The molecule has 0 saturated carbocycles. The van der Waals surface area contributed by atoms with Crippen molar-refractivity contribution in [2.45, 2.75) is 11.8 Å². The maximum atomic E-state index is 13.0. The van der Waals surface area contributed by atoms with E-state index in [1.165, 1.54) is 23.9 Å². The molecule has 0 aromatic heterocycles. The van der Waals surface area contributed by atoms with E-state index in [1.807, 2.05) is 6.92 Å². The summed E-state index contributed by atoms with van der Waals surface area (Å²) >= 11 is 1.28. The monoisotopic (exact) mass is 228 g/mol. The van der Waals surface area contributed by atoms with E-state index in [2.05, 4.69) is 5.32 Å². The molecule has 0 aliphatic rings. The lowest BCUT2D eigenvalue weighted by Gasteiger charge is -2.03. The van der Waals surface area contributed by atoms with Crippen molar-refractivity contribution >= 4 is 23.4 Å². The Kier molecular flexibility index (Phi) is 4.42. The van der Waals surface area contributed by atoms with E-state index in [0.717, 1.165) is 0 Å². The Bertz CT molecular complexity index is 357. The fraction of sp³-hybridized carbons (Fsp3) is 0.300. The molecule has 82 valence electrons. The summed E-state index contributed by atoms with van der Waals surface area (Å²) in [7, 11) is 0. The number of thioether (sulfide) groups is 1. The van der Waals surface area contributed by atoms with Crippen molar-refractivity contribution in [3.63, 3.8) is 0 Å². The summed E-state index contributed by atoms with van der Waals surface area (Å²) in [4.78, 5) is 11.8. The molecule has 0 fully saturated rings. The minimum Gasteiger partial charge on any atom is -0.396 e. The van der Waals surface area contributed by atoms with E-state index in [4.69, 9.17) is 5.73 Å². The zero-order chi connectivity index (χ0) is 11.3. The van der Waals surface area contributed by atoms with Crippen LogP contribution in [0.4, 0.5) is 10.1 Å². The number of carbonyl (C=O) groups is 1. The fourth-order valence-electron chi connectivity index (χ4n) is 0.995. The summed E-state index contributed by atoms with van der Waals surface area (Å²) in [6.07, 6.45) is 0. The van der Waals surface area contributed by atoms with Crippen LogP contribution in [0.1, 0.15) is 6.92 Å². The average Bonchev–Trinajstić information content (AvgIpc) is 2.20. The predicted molar refractivity (Wildman–Crippen MR) is 60.2 cm³/mol. The Morgan fingerprint density at radius 1 is 1.60 bits per heavy atom. The van der Waals surface area contributed by atoms with Crippen molar-refractivity contribution in [2.24, 2.45) is 0 Å². The second kappa shape index (κ2) is 5.60. The van der Waals surface area contributed by atoms with Gasteiger partial charge in [-0.2, -0.15) is 0 Å². The molecule has 3 nitrogen and oxygen atoms in total. The molecule has 1 rings (SSSR count). The Morgan fingerprint density at radius 2 is 2.33 bits per heavy atom. The van der Waals surface area contributed by atoms with Gasteiger partial charge in [0.25, 0.3) is 0 Å². The van der Waals surface area contributed by atoms with Crippen molar-refractivity contribution in [1.29, 1.82) is 0 Å². The van der Waals surface area contributed by atoms with Crippen LogP contribution in [0.3, 0.4) is 0 Å². The normalized spacial score (nSPS) is 10.0. The summed E-state index contributed by atoms with van der Waals surface area (Å²) in [6.45, 7) is 2.46.